The summed E-state index contributed by atoms with van der Waals surface area (Å²) in [5.74, 6) is 4.02. The number of benzene rings is 10. The summed E-state index contributed by atoms with van der Waals surface area (Å²) in [5, 5.41) is 2.94. The number of nitrogens with one attached hydrogen (secondary N) is 1. The fourth-order valence-corrected chi connectivity index (χ4v) is 10.1. The van der Waals surface area contributed by atoms with Crippen LogP contribution in [0.4, 0.5) is 17.1 Å². The van der Waals surface area contributed by atoms with Crippen LogP contribution < -0.4 is 161 Å². The molecule has 12 nitrogen and oxygen atoms in total. The molecule has 0 fully saturated rings. The number of aryl methyl sites for hydroxylation is 3. The van der Waals surface area contributed by atoms with Crippen LogP contribution in [0.3, 0.4) is 0 Å². The second-order valence-electron chi connectivity index (χ2n) is 19.7. The molecule has 10 aromatic rings. The van der Waals surface area contributed by atoms with Crippen molar-refractivity contribution in [1.29, 1.82) is 0 Å². The first-order valence-corrected chi connectivity index (χ1v) is 33.7. The van der Waals surface area contributed by atoms with E-state index >= 15 is 0 Å². The molecule has 0 aliphatic heterocycles. The summed E-state index contributed by atoms with van der Waals surface area (Å²) >= 11 is 15.7. The zero-order valence-electron chi connectivity index (χ0n) is 59.3. The number of rotatable bonds is 17. The fourth-order valence-electron chi connectivity index (χ4n) is 9.13. The van der Waals surface area contributed by atoms with E-state index in [1.54, 1.807) is 57.6 Å². The van der Waals surface area contributed by atoms with Gasteiger partial charge in [0.1, 0.15) is 34.5 Å². The van der Waals surface area contributed by atoms with E-state index in [1.165, 1.54) is 14.2 Å². The topological polar surface area (TPSA) is 148 Å². The molecule has 10 rings (SSSR count). The normalized spacial score (nSPS) is 9.36. The van der Waals surface area contributed by atoms with Crippen LogP contribution in [0.2, 0.25) is 0 Å². The third-order valence-corrected chi connectivity index (χ3v) is 15.3. The number of nitrogens with two attached hydrogens (primary N) is 1. The van der Waals surface area contributed by atoms with Crippen LogP contribution in [0, 0.1) is 32.9 Å². The quantitative estimate of drug-likeness (QED) is 0.0388. The number of ether oxygens (including phenoxy) is 6. The van der Waals surface area contributed by atoms with Gasteiger partial charge in [-0.2, -0.15) is 60.7 Å². The first-order chi connectivity index (χ1) is 46.4. The van der Waals surface area contributed by atoms with E-state index < -0.39 is 5.24 Å². The number of carbonyl (C=O) groups is 3. The Hall–Kier alpha value is -5.25. The molecular weight excluding hydrogens is 1610 g/mol. The zero-order valence-corrected chi connectivity index (χ0v) is 74.7. The molecule has 18 heteroatoms. The van der Waals surface area contributed by atoms with Gasteiger partial charge in [0.2, 0.25) is 0 Å². The molecule has 3 N–H and O–H groups in total. The van der Waals surface area contributed by atoms with Crippen molar-refractivity contribution in [1.82, 2.24) is 0 Å². The molecule has 99 heavy (non-hydrogen) atoms. The summed E-state index contributed by atoms with van der Waals surface area (Å²) in [5.41, 5.74) is 18.2. The van der Waals surface area contributed by atoms with Crippen molar-refractivity contribution in [2.75, 3.05) is 58.6 Å². The maximum absolute atomic E-state index is 14.1. The van der Waals surface area contributed by atoms with Crippen LogP contribution in [-0.4, -0.2) is 60.1 Å². The van der Waals surface area contributed by atoms with E-state index in [4.69, 9.17) is 45.8 Å². The van der Waals surface area contributed by atoms with Crippen LogP contribution in [0.25, 0.3) is 22.3 Å². The number of aldehydes is 1. The third kappa shape index (κ3) is 30.7. The van der Waals surface area contributed by atoms with Crippen molar-refractivity contribution in [3.63, 3.8) is 0 Å². The standard InChI is InChI=1S/C29H25BrNO3.C16H18BrNO2.C13H8ClO.C10H12O3.C6H6BrN.3C2H6.CH4.2Rb/c1-20-17-27(33-2)26(28(18-20)34-3)19-31(23-15-13-22(30)14-16-23)29(32)25-12-8-7-11-24(25)21-9-5-4-6-10-21;1-11-8-15(19-2)14(16(9-11)20-3)10-18-13-6-4-12(17)5-7-13;14-13(15)12-9-5-4-8-11(12)10-6-2-1-3-7-10;1-7-4-9(12-2)8(6-11)10(5-7)13-3;7-5-1-3-6(8)4-2-5;3*1-2;;;/h5-18H,19H2,1-3H3;4-9,18H,10H2,1-3H3;2-9H;4-6H,1-3H3;1-4H,8H2;3*1-2H3;1H4;;/q-1;;-1;;;;;;;2*+1. The van der Waals surface area contributed by atoms with E-state index in [2.05, 4.69) is 65.2 Å². The Morgan fingerprint density at radius 3 is 1.18 bits per heavy atom. The van der Waals surface area contributed by atoms with Gasteiger partial charge in [-0.15, -0.1) is 11.1 Å². The molecule has 0 unspecified atom stereocenters. The van der Waals surface area contributed by atoms with Crippen molar-refractivity contribution in [2.45, 2.75) is 82.8 Å². The second kappa shape index (κ2) is 52.7. The number of hydrogen-bond donors (Lipinski definition) is 2. The summed E-state index contributed by atoms with van der Waals surface area (Å²) in [7, 11) is 9.67. The minimum atomic E-state index is -0.432. The molecule has 1 amide bonds. The predicted molar refractivity (Wildman–Crippen MR) is 415 cm³/mol. The minimum Gasteiger partial charge on any atom is -0.496 e. The van der Waals surface area contributed by atoms with Gasteiger partial charge in [0.15, 0.2) is 6.29 Å². The third-order valence-electron chi connectivity index (χ3n) is 13.5. The smallest absolute Gasteiger partial charge is 0.496 e. The number of amides is 1. The number of halogens is 4. The Kier molecular flexibility index (Phi) is 49.9. The van der Waals surface area contributed by atoms with Gasteiger partial charge in [-0.1, -0.05) is 133 Å². The molecule has 514 valence electrons. The Balaban J connectivity index is 0.00000127. The van der Waals surface area contributed by atoms with Gasteiger partial charge in [0.05, 0.1) is 65.9 Å². The minimum absolute atomic E-state index is 0. The Bertz CT molecular complexity index is 3850. The van der Waals surface area contributed by atoms with E-state index in [-0.39, 0.29) is 136 Å². The van der Waals surface area contributed by atoms with Gasteiger partial charge in [0.25, 0.3) is 11.1 Å². The number of methoxy groups -OCH3 is 6. The second-order valence-corrected chi connectivity index (χ2v) is 22.8. The Labute approximate surface area is 717 Å². The molecule has 0 saturated heterocycles. The van der Waals surface area contributed by atoms with Gasteiger partial charge in [-0.3, -0.25) is 14.4 Å². The first-order valence-electron chi connectivity index (χ1n) is 31.0. The number of hydrogen-bond acceptors (Lipinski definition) is 11. The number of nitrogens with zero attached hydrogens (tertiary/aromatic N) is 1. The van der Waals surface area contributed by atoms with Gasteiger partial charge in [0, 0.05) is 48.2 Å². The maximum atomic E-state index is 14.1. The molecule has 0 aliphatic rings. The van der Waals surface area contributed by atoms with Crippen LogP contribution in [0.15, 0.2) is 220 Å². The molecule has 0 aliphatic carbocycles. The fraction of sp³-hybridized carbons (Fsp3) is 0.222. The molecule has 10 aromatic carbocycles. The van der Waals surface area contributed by atoms with Crippen molar-refractivity contribution in [2.24, 2.45) is 0 Å². The average molecular weight is 1700 g/mol. The summed E-state index contributed by atoms with van der Waals surface area (Å²) in [6.07, 6.45) is 0.733. The SMILES string of the molecule is C.CC.CC.CC.COc1cc(C)cc(OC)c1C=O.COc1cc(C)cc(OC)c1CN(C(=O)c1ccccc1-c1cc[c-]cc1)c1ccc(Br)cc1.COc1cc(C)cc(OC)c1CNc1ccc(Br)cc1.Nc1ccc(Br)cc1.O=C(Cl)c1ccccc1-c1cc[c-]cc1.[Rb+].[Rb+]. The molecule has 0 heterocycles. The van der Waals surface area contributed by atoms with Crippen molar-refractivity contribution >= 4 is 93.9 Å². The zero-order chi connectivity index (χ0) is 71.1. The molecule has 0 spiro atoms. The molecule has 0 bridgehead atoms. The van der Waals surface area contributed by atoms with Crippen LogP contribution in [0.1, 0.15) is 108 Å². The predicted octanol–water partition coefficient (Wildman–Crippen LogP) is 16.6. The summed E-state index contributed by atoms with van der Waals surface area (Å²) in [4.78, 5) is 37.8. The summed E-state index contributed by atoms with van der Waals surface area (Å²) in [6.45, 7) is 18.9. The van der Waals surface area contributed by atoms with Gasteiger partial charge >= 0.3 is 116 Å². The van der Waals surface area contributed by atoms with Gasteiger partial charge < -0.3 is 44.4 Å². The van der Waals surface area contributed by atoms with Crippen molar-refractivity contribution in [3.05, 3.63) is 276 Å². The van der Waals surface area contributed by atoms with Gasteiger partial charge in [-0.25, -0.2) is 0 Å². The Morgan fingerprint density at radius 1 is 0.485 bits per heavy atom. The molecule has 0 radical (unpaired) electrons. The Morgan fingerprint density at radius 2 is 0.818 bits per heavy atom. The van der Waals surface area contributed by atoms with Crippen LogP contribution >= 0.6 is 59.4 Å². The summed E-state index contributed by atoms with van der Waals surface area (Å²) < 4.78 is 35.4. The largest absolute Gasteiger partial charge is 1.00 e. The molecule has 0 atom stereocenters. The van der Waals surface area contributed by atoms with E-state index in [1.807, 2.05) is 244 Å². The number of carbonyl (C=O) groups excluding carboxylic acids is 3. The summed E-state index contributed by atoms with van der Waals surface area (Å²) in [6, 6.07) is 70.8. The maximum Gasteiger partial charge on any atom is 1.00 e. The van der Waals surface area contributed by atoms with E-state index in [0.717, 1.165) is 98.3 Å². The van der Waals surface area contributed by atoms with Crippen LogP contribution in [-0.2, 0) is 13.1 Å². The number of nitrogen functional groups attached to an aromatic ring is 1. The van der Waals surface area contributed by atoms with Crippen molar-refractivity contribution in [3.8, 4) is 56.8 Å². The van der Waals surface area contributed by atoms with Gasteiger partial charge in [-0.05, 0) is 182 Å². The van der Waals surface area contributed by atoms with E-state index in [9.17, 15) is 14.4 Å². The van der Waals surface area contributed by atoms with Crippen LogP contribution in [0.5, 0.6) is 34.5 Å². The molecule has 0 saturated carbocycles. The molecular formula is C81H91Br3ClN3O9Rb2. The average Bonchev–Trinajstić information content (AvgIpc) is 0.795. The van der Waals surface area contributed by atoms with E-state index in [0.29, 0.717) is 46.2 Å². The van der Waals surface area contributed by atoms with Crippen molar-refractivity contribution < 1.29 is 159 Å². The monoisotopic (exact) mass is 1690 g/mol. The first kappa shape index (κ1) is 93.8. The number of anilines is 3. The molecule has 0 aromatic heterocycles.